The summed E-state index contributed by atoms with van der Waals surface area (Å²) in [6, 6.07) is 0. The molecule has 1 heteroatoms. The molecular formula is C6H11Y-. The molecule has 0 aliphatic heterocycles. The third kappa shape index (κ3) is 6.71. The van der Waals surface area contributed by atoms with Gasteiger partial charge < -0.3 is 0 Å². The van der Waals surface area contributed by atoms with Gasteiger partial charge in [0.25, 0.3) is 0 Å². The summed E-state index contributed by atoms with van der Waals surface area (Å²) in [5.41, 5.74) is 1.18. The van der Waals surface area contributed by atoms with E-state index in [2.05, 4.69) is 20.4 Å². The van der Waals surface area contributed by atoms with E-state index in [1.807, 2.05) is 6.92 Å². The molecule has 0 aliphatic rings. The molecule has 0 aromatic carbocycles. The topological polar surface area (TPSA) is 0 Å². The quantitative estimate of drug-likeness (QED) is 0.531. The van der Waals surface area contributed by atoms with Crippen molar-refractivity contribution >= 4 is 0 Å². The molecule has 0 aliphatic carbocycles. The van der Waals surface area contributed by atoms with E-state index in [0.717, 1.165) is 0 Å². The molecule has 0 heterocycles. The number of hydrogen-bond acceptors (Lipinski definition) is 0. The number of allylic oxidation sites excluding steroid dienone is 1. The Labute approximate surface area is 71.3 Å². The Balaban J connectivity index is 0. The van der Waals surface area contributed by atoms with Gasteiger partial charge in [0.1, 0.15) is 0 Å². The zero-order valence-electron chi connectivity index (χ0n) is 5.28. The van der Waals surface area contributed by atoms with Crippen LogP contribution in [0.25, 0.3) is 0 Å². The van der Waals surface area contributed by atoms with Crippen LogP contribution in [0.2, 0.25) is 0 Å². The molecule has 0 spiro atoms. The van der Waals surface area contributed by atoms with Crippen LogP contribution in [0.4, 0.5) is 0 Å². The van der Waals surface area contributed by atoms with Crippen molar-refractivity contribution in [3.63, 3.8) is 0 Å². The predicted octanol–water partition coefficient (Wildman–Crippen LogP) is 2.17. The van der Waals surface area contributed by atoms with Crippen LogP contribution in [-0.2, 0) is 32.7 Å². The first-order valence-corrected chi connectivity index (χ1v) is 2.10. The van der Waals surface area contributed by atoms with Gasteiger partial charge >= 0.3 is 0 Å². The van der Waals surface area contributed by atoms with Gasteiger partial charge in [-0.1, -0.05) is 6.92 Å². The van der Waals surface area contributed by atoms with Crippen molar-refractivity contribution in [2.45, 2.75) is 20.8 Å². The van der Waals surface area contributed by atoms with E-state index in [1.54, 1.807) is 0 Å². The average Bonchev–Trinajstić information content (AvgIpc) is 1.36. The normalized spacial score (nSPS) is 6.71. The third-order valence-electron chi connectivity index (χ3n) is 0.854. The van der Waals surface area contributed by atoms with Gasteiger partial charge in [-0.2, -0.15) is 0 Å². The van der Waals surface area contributed by atoms with Crippen LogP contribution >= 0.6 is 0 Å². The first-order valence-electron chi connectivity index (χ1n) is 2.10. The van der Waals surface area contributed by atoms with Crippen LogP contribution in [-0.4, -0.2) is 0 Å². The molecule has 0 saturated heterocycles. The Morgan fingerprint density at radius 3 is 1.57 bits per heavy atom. The fourth-order valence-corrected chi connectivity index (χ4v) is 0. The van der Waals surface area contributed by atoms with Crippen molar-refractivity contribution in [2.75, 3.05) is 0 Å². The van der Waals surface area contributed by atoms with Crippen molar-refractivity contribution in [1.29, 1.82) is 0 Å². The van der Waals surface area contributed by atoms with Crippen LogP contribution in [0, 0.1) is 5.92 Å². The molecule has 0 fully saturated rings. The summed E-state index contributed by atoms with van der Waals surface area (Å²) in [6.45, 7) is 9.84. The Hall–Kier alpha value is 0.714. The van der Waals surface area contributed by atoms with E-state index in [4.69, 9.17) is 0 Å². The van der Waals surface area contributed by atoms with Gasteiger partial charge in [0.2, 0.25) is 0 Å². The van der Waals surface area contributed by atoms with Gasteiger partial charge in [-0.15, -0.1) is 13.8 Å². The molecule has 0 saturated carbocycles. The Morgan fingerprint density at radius 1 is 1.43 bits per heavy atom. The van der Waals surface area contributed by atoms with Gasteiger partial charge in [-0.25, -0.2) is 18.1 Å². The van der Waals surface area contributed by atoms with Gasteiger partial charge in [-0.3, -0.25) is 0 Å². The summed E-state index contributed by atoms with van der Waals surface area (Å²) >= 11 is 0. The van der Waals surface area contributed by atoms with E-state index < -0.39 is 0 Å². The van der Waals surface area contributed by atoms with Gasteiger partial charge in [-0.05, 0) is 0 Å². The Bertz CT molecular complexity index is 55.2. The van der Waals surface area contributed by atoms with Crippen LogP contribution < -0.4 is 0 Å². The summed E-state index contributed by atoms with van der Waals surface area (Å²) in [7, 11) is 0. The van der Waals surface area contributed by atoms with E-state index in [1.165, 1.54) is 11.5 Å². The van der Waals surface area contributed by atoms with Crippen LogP contribution in [0.1, 0.15) is 20.8 Å². The van der Waals surface area contributed by atoms with Gasteiger partial charge in [0.15, 0.2) is 0 Å². The molecule has 0 atom stereocenters. The summed E-state index contributed by atoms with van der Waals surface area (Å²) in [4.78, 5) is 0. The van der Waals surface area contributed by atoms with Crippen molar-refractivity contribution in [2.24, 2.45) is 0 Å². The molecule has 39 valence electrons. The standard InChI is InChI=1S/C6H11.Y/c1-5(2)6(3)4;/h1H2,2-4H3;/q-1;. The van der Waals surface area contributed by atoms with Crippen molar-refractivity contribution in [3.05, 3.63) is 18.1 Å². The first kappa shape index (κ1) is 10.7. The third-order valence-corrected chi connectivity index (χ3v) is 0.854. The fraction of sp³-hybridized carbons (Fsp3) is 0.500. The summed E-state index contributed by atoms with van der Waals surface area (Å²) in [5, 5.41) is 0. The first-order chi connectivity index (χ1) is 2.64. The Kier molecular flexibility index (Phi) is 7.40. The van der Waals surface area contributed by atoms with Crippen LogP contribution in [0.5, 0.6) is 0 Å². The van der Waals surface area contributed by atoms with Crippen molar-refractivity contribution in [3.8, 4) is 0 Å². The maximum absolute atomic E-state index is 3.72. The zero-order valence-corrected chi connectivity index (χ0v) is 8.12. The summed E-state index contributed by atoms with van der Waals surface area (Å²) in [6.07, 6.45) is 0. The Morgan fingerprint density at radius 2 is 1.57 bits per heavy atom. The van der Waals surface area contributed by atoms with E-state index >= 15 is 0 Å². The second-order valence-electron chi connectivity index (χ2n) is 1.78. The largest absolute Gasteiger partial charge is 0.242 e. The zero-order chi connectivity index (χ0) is 5.15. The predicted molar refractivity (Wildman–Crippen MR) is 29.4 cm³/mol. The van der Waals surface area contributed by atoms with E-state index in [-0.39, 0.29) is 32.7 Å². The second kappa shape index (κ2) is 4.86. The SMILES string of the molecule is C=C(C)[C-](C)C.[Y]. The second-order valence-corrected chi connectivity index (χ2v) is 1.78. The molecule has 0 unspecified atom stereocenters. The maximum Gasteiger partial charge on any atom is 0 e. The molecule has 0 rings (SSSR count). The monoisotopic (exact) mass is 172 g/mol. The molecule has 7 heavy (non-hydrogen) atoms. The van der Waals surface area contributed by atoms with E-state index in [0.29, 0.717) is 0 Å². The van der Waals surface area contributed by atoms with Crippen LogP contribution in [0.3, 0.4) is 0 Å². The van der Waals surface area contributed by atoms with Crippen molar-refractivity contribution < 1.29 is 32.7 Å². The van der Waals surface area contributed by atoms with E-state index in [9.17, 15) is 0 Å². The van der Waals surface area contributed by atoms with Gasteiger partial charge in [0.05, 0.1) is 0 Å². The minimum Gasteiger partial charge on any atom is -0.242 e. The summed E-state index contributed by atoms with van der Waals surface area (Å²) < 4.78 is 0. The molecule has 1 radical (unpaired) electrons. The molecule has 0 aromatic heterocycles. The minimum atomic E-state index is 0. The minimum absolute atomic E-state index is 0. The average molecular weight is 172 g/mol. The fourth-order valence-electron chi connectivity index (χ4n) is 0. The maximum atomic E-state index is 3.72. The number of rotatable bonds is 1. The molecular weight excluding hydrogens is 161 g/mol. The van der Waals surface area contributed by atoms with Gasteiger partial charge in [0, 0.05) is 32.7 Å². The number of hydrogen-bond donors (Lipinski definition) is 0. The van der Waals surface area contributed by atoms with Crippen LogP contribution in [0.15, 0.2) is 12.2 Å². The molecule has 0 amide bonds. The molecule has 0 aromatic rings. The molecule has 0 nitrogen and oxygen atoms in total. The molecule has 0 bridgehead atoms. The smallest absolute Gasteiger partial charge is 0 e. The summed E-state index contributed by atoms with van der Waals surface area (Å²) in [5.74, 6) is 1.31. The molecule has 0 N–H and O–H groups in total. The van der Waals surface area contributed by atoms with Crippen molar-refractivity contribution in [1.82, 2.24) is 0 Å².